The van der Waals surface area contributed by atoms with E-state index in [1.54, 1.807) is 0 Å². The number of nitrogens with two attached hydrogens (primary N) is 1. The lowest BCUT2D eigenvalue weighted by atomic mass is 10.4. The Bertz CT molecular complexity index is 356. The summed E-state index contributed by atoms with van der Waals surface area (Å²) >= 11 is 3.01. The van der Waals surface area contributed by atoms with E-state index in [2.05, 4.69) is 25.7 Å². The molecule has 1 unspecified atom stereocenters. The molecule has 0 spiro atoms. The molecule has 1 aromatic rings. The minimum atomic E-state index is -4.41. The zero-order chi connectivity index (χ0) is 11.6. The number of nitrogens with zero attached hydrogens (tertiary/aromatic N) is 1. The average Bonchev–Trinajstić information content (AvgIpc) is 2.08. The topological polar surface area (TPSA) is 48.1 Å². The number of hydrogen-bond acceptors (Lipinski definition) is 3. The van der Waals surface area contributed by atoms with Crippen LogP contribution in [0.5, 0.6) is 5.88 Å². The molecule has 0 aliphatic rings. The minimum Gasteiger partial charge on any atom is -0.464 e. The molecule has 1 heterocycles. The van der Waals surface area contributed by atoms with Crippen molar-refractivity contribution in [2.45, 2.75) is 19.2 Å². The van der Waals surface area contributed by atoms with Crippen LogP contribution in [0.4, 0.5) is 18.9 Å². The van der Waals surface area contributed by atoms with Crippen LogP contribution in [0, 0.1) is 0 Å². The lowest BCUT2D eigenvalue weighted by Crippen LogP contribution is -2.31. The Morgan fingerprint density at radius 2 is 2.13 bits per heavy atom. The van der Waals surface area contributed by atoms with Gasteiger partial charge in [0.2, 0.25) is 5.88 Å². The standard InChI is InChI=1S/C8H8BrF3N2O/c1-4(8(10,11)12)15-7-6(9)2-5(13)3-14-7/h2-4H,13H2,1H3. The maximum atomic E-state index is 12.2. The minimum absolute atomic E-state index is 0.131. The number of anilines is 1. The van der Waals surface area contributed by atoms with Crippen molar-refractivity contribution in [2.75, 3.05) is 5.73 Å². The van der Waals surface area contributed by atoms with Crippen LogP contribution in [0.15, 0.2) is 16.7 Å². The Morgan fingerprint density at radius 3 is 2.60 bits per heavy atom. The first-order valence-corrected chi connectivity index (χ1v) is 4.74. The van der Waals surface area contributed by atoms with Gasteiger partial charge in [-0.15, -0.1) is 0 Å². The van der Waals surface area contributed by atoms with Gasteiger partial charge >= 0.3 is 6.18 Å². The summed E-state index contributed by atoms with van der Waals surface area (Å²) in [4.78, 5) is 3.64. The molecule has 7 heteroatoms. The van der Waals surface area contributed by atoms with Crippen LogP contribution in [-0.2, 0) is 0 Å². The summed E-state index contributed by atoms with van der Waals surface area (Å²) in [6, 6.07) is 1.42. The van der Waals surface area contributed by atoms with E-state index in [0.717, 1.165) is 6.92 Å². The lowest BCUT2D eigenvalue weighted by molar-refractivity contribution is -0.190. The summed E-state index contributed by atoms with van der Waals surface area (Å²) in [5, 5.41) is 0. The number of hydrogen-bond donors (Lipinski definition) is 1. The quantitative estimate of drug-likeness (QED) is 0.908. The van der Waals surface area contributed by atoms with Gasteiger partial charge in [-0.3, -0.25) is 0 Å². The van der Waals surface area contributed by atoms with Crippen LogP contribution in [0.3, 0.4) is 0 Å². The normalized spacial score (nSPS) is 13.7. The molecule has 0 bridgehead atoms. The van der Waals surface area contributed by atoms with Gasteiger partial charge in [0.1, 0.15) is 0 Å². The molecule has 84 valence electrons. The highest BCUT2D eigenvalue weighted by Crippen LogP contribution is 2.29. The lowest BCUT2D eigenvalue weighted by Gasteiger charge is -2.17. The van der Waals surface area contributed by atoms with E-state index in [0.29, 0.717) is 10.2 Å². The van der Waals surface area contributed by atoms with Crippen LogP contribution in [0.1, 0.15) is 6.92 Å². The molecule has 1 atom stereocenters. The maximum Gasteiger partial charge on any atom is 0.425 e. The van der Waals surface area contributed by atoms with Crippen molar-refractivity contribution < 1.29 is 17.9 Å². The van der Waals surface area contributed by atoms with Gasteiger partial charge in [-0.25, -0.2) is 4.98 Å². The number of aromatic nitrogens is 1. The van der Waals surface area contributed by atoms with Crippen LogP contribution in [-0.4, -0.2) is 17.3 Å². The fourth-order valence-corrected chi connectivity index (χ4v) is 1.22. The molecule has 0 saturated carbocycles. The highest BCUT2D eigenvalue weighted by molar-refractivity contribution is 9.10. The van der Waals surface area contributed by atoms with Crippen molar-refractivity contribution >= 4 is 21.6 Å². The second-order valence-corrected chi connectivity index (χ2v) is 3.71. The van der Waals surface area contributed by atoms with Crippen LogP contribution < -0.4 is 10.5 Å². The maximum absolute atomic E-state index is 12.2. The Morgan fingerprint density at radius 1 is 1.53 bits per heavy atom. The van der Waals surface area contributed by atoms with E-state index in [1.807, 2.05) is 0 Å². The van der Waals surface area contributed by atoms with E-state index < -0.39 is 12.3 Å². The summed E-state index contributed by atoms with van der Waals surface area (Å²) in [6.07, 6.45) is -5.10. The first-order chi connectivity index (χ1) is 6.80. The average molecular weight is 285 g/mol. The van der Waals surface area contributed by atoms with Crippen LogP contribution in [0.2, 0.25) is 0 Å². The van der Waals surface area contributed by atoms with Crippen molar-refractivity contribution in [3.8, 4) is 5.88 Å². The predicted molar refractivity (Wildman–Crippen MR) is 52.5 cm³/mol. The Kier molecular flexibility index (Phi) is 3.43. The number of ether oxygens (including phenoxy) is 1. The van der Waals surface area contributed by atoms with Gasteiger partial charge in [0, 0.05) is 0 Å². The Labute approximate surface area is 92.6 Å². The smallest absolute Gasteiger partial charge is 0.425 e. The molecule has 0 amide bonds. The fourth-order valence-electron chi connectivity index (χ4n) is 0.761. The number of halogens is 4. The molecule has 15 heavy (non-hydrogen) atoms. The van der Waals surface area contributed by atoms with Gasteiger partial charge in [-0.05, 0) is 28.9 Å². The first kappa shape index (κ1) is 12.1. The number of rotatable bonds is 2. The third-order valence-electron chi connectivity index (χ3n) is 1.58. The third-order valence-corrected chi connectivity index (χ3v) is 2.15. The van der Waals surface area contributed by atoms with Crippen molar-refractivity contribution in [3.63, 3.8) is 0 Å². The number of pyridine rings is 1. The zero-order valence-corrected chi connectivity index (χ0v) is 9.26. The molecule has 1 rings (SSSR count). The summed E-state index contributed by atoms with van der Waals surface area (Å²) in [7, 11) is 0. The molecule has 0 aromatic carbocycles. The SMILES string of the molecule is CC(Oc1ncc(N)cc1Br)C(F)(F)F. The van der Waals surface area contributed by atoms with Crippen LogP contribution in [0.25, 0.3) is 0 Å². The molecule has 3 nitrogen and oxygen atoms in total. The Balaban J connectivity index is 2.82. The summed E-state index contributed by atoms with van der Waals surface area (Å²) in [5.74, 6) is -0.131. The third kappa shape index (κ3) is 3.26. The molecule has 0 fully saturated rings. The monoisotopic (exact) mass is 284 g/mol. The fraction of sp³-hybridized carbons (Fsp3) is 0.375. The van der Waals surface area contributed by atoms with Crippen molar-refractivity contribution in [2.24, 2.45) is 0 Å². The Hall–Kier alpha value is -0.980. The van der Waals surface area contributed by atoms with Gasteiger partial charge in [-0.2, -0.15) is 13.2 Å². The molecule has 0 aliphatic heterocycles. The second kappa shape index (κ2) is 4.26. The van der Waals surface area contributed by atoms with E-state index in [-0.39, 0.29) is 5.88 Å². The predicted octanol–water partition coefficient (Wildman–Crippen LogP) is 2.76. The molecule has 1 aromatic heterocycles. The van der Waals surface area contributed by atoms with E-state index in [1.165, 1.54) is 12.3 Å². The molecule has 0 radical (unpaired) electrons. The highest BCUT2D eigenvalue weighted by Gasteiger charge is 2.38. The molecular weight excluding hydrogens is 277 g/mol. The van der Waals surface area contributed by atoms with Crippen molar-refractivity contribution in [1.82, 2.24) is 4.98 Å². The van der Waals surface area contributed by atoms with Gasteiger partial charge in [0.25, 0.3) is 0 Å². The van der Waals surface area contributed by atoms with Crippen molar-refractivity contribution in [3.05, 3.63) is 16.7 Å². The van der Waals surface area contributed by atoms with Gasteiger partial charge in [-0.1, -0.05) is 0 Å². The summed E-state index contributed by atoms with van der Waals surface area (Å²) < 4.78 is 41.4. The molecule has 0 aliphatic carbocycles. The number of nitrogen functional groups attached to an aromatic ring is 1. The van der Waals surface area contributed by atoms with E-state index in [9.17, 15) is 13.2 Å². The van der Waals surface area contributed by atoms with Gasteiger partial charge < -0.3 is 10.5 Å². The first-order valence-electron chi connectivity index (χ1n) is 3.95. The van der Waals surface area contributed by atoms with Crippen LogP contribution >= 0.6 is 15.9 Å². The van der Waals surface area contributed by atoms with Gasteiger partial charge in [0.05, 0.1) is 16.4 Å². The highest BCUT2D eigenvalue weighted by atomic mass is 79.9. The van der Waals surface area contributed by atoms with Gasteiger partial charge in [0.15, 0.2) is 6.10 Å². The molecule has 2 N–H and O–H groups in total. The van der Waals surface area contributed by atoms with E-state index in [4.69, 9.17) is 5.73 Å². The van der Waals surface area contributed by atoms with E-state index >= 15 is 0 Å². The molecule has 0 saturated heterocycles. The zero-order valence-electron chi connectivity index (χ0n) is 7.68. The number of alkyl halides is 3. The molecular formula is C8H8BrF3N2O. The summed E-state index contributed by atoms with van der Waals surface area (Å²) in [5.41, 5.74) is 5.72. The summed E-state index contributed by atoms with van der Waals surface area (Å²) in [6.45, 7) is 0.907. The second-order valence-electron chi connectivity index (χ2n) is 2.86. The van der Waals surface area contributed by atoms with Crippen molar-refractivity contribution in [1.29, 1.82) is 0 Å². The largest absolute Gasteiger partial charge is 0.464 e.